The molecular formula is C35H45F2N5O3. The smallest absolute Gasteiger partial charge is 0.319 e. The first-order chi connectivity index (χ1) is 21.8. The van der Waals surface area contributed by atoms with E-state index in [1.54, 1.807) is 6.07 Å². The Labute approximate surface area is 264 Å². The van der Waals surface area contributed by atoms with Crippen LogP contribution < -0.4 is 19.7 Å². The van der Waals surface area contributed by atoms with Gasteiger partial charge < -0.3 is 24.8 Å². The molecule has 2 aromatic carbocycles. The summed E-state index contributed by atoms with van der Waals surface area (Å²) in [6.45, 7) is 12.9. The maximum absolute atomic E-state index is 16.9. The van der Waals surface area contributed by atoms with Crippen molar-refractivity contribution in [1.82, 2.24) is 20.3 Å². The van der Waals surface area contributed by atoms with Crippen molar-refractivity contribution in [2.45, 2.75) is 78.7 Å². The second-order valence-electron chi connectivity index (χ2n) is 12.0. The topological polar surface area (TPSA) is 92.6 Å². The van der Waals surface area contributed by atoms with Gasteiger partial charge in [0.15, 0.2) is 5.82 Å². The summed E-state index contributed by atoms with van der Waals surface area (Å²) >= 11 is 0. The van der Waals surface area contributed by atoms with E-state index in [2.05, 4.69) is 34.0 Å². The highest BCUT2D eigenvalue weighted by Gasteiger charge is 2.34. The number of phenols is 1. The van der Waals surface area contributed by atoms with Gasteiger partial charge in [-0.25, -0.2) is 13.8 Å². The predicted molar refractivity (Wildman–Crippen MR) is 175 cm³/mol. The molecule has 2 aromatic heterocycles. The van der Waals surface area contributed by atoms with E-state index in [1.165, 1.54) is 25.3 Å². The molecule has 0 amide bonds. The monoisotopic (exact) mass is 621 g/mol. The number of phenolic OH excluding ortho intramolecular Hbond substituents is 1. The summed E-state index contributed by atoms with van der Waals surface area (Å²) < 4.78 is 43.9. The Morgan fingerprint density at radius 3 is 2.56 bits per heavy atom. The van der Waals surface area contributed by atoms with E-state index >= 15 is 4.39 Å². The van der Waals surface area contributed by atoms with Gasteiger partial charge in [-0.1, -0.05) is 40.7 Å². The van der Waals surface area contributed by atoms with Crippen molar-refractivity contribution >= 4 is 27.5 Å². The molecule has 2 atom stereocenters. The molecule has 8 nitrogen and oxygen atoms in total. The number of aromatic hydroxyl groups is 1. The average molecular weight is 622 g/mol. The van der Waals surface area contributed by atoms with Crippen LogP contribution in [0.2, 0.25) is 0 Å². The fourth-order valence-corrected chi connectivity index (χ4v) is 6.74. The summed E-state index contributed by atoms with van der Waals surface area (Å²) in [5, 5.41) is 15.6. The molecule has 1 unspecified atom stereocenters. The quantitative estimate of drug-likeness (QED) is 0.208. The number of hydrogen-bond acceptors (Lipinski definition) is 8. The molecule has 0 aliphatic carbocycles. The lowest BCUT2D eigenvalue weighted by molar-refractivity contribution is 0.181. The number of ether oxygens (including phenoxy) is 2. The molecule has 6 rings (SSSR count). The molecule has 242 valence electrons. The van der Waals surface area contributed by atoms with E-state index in [1.807, 2.05) is 20.8 Å². The largest absolute Gasteiger partial charge is 0.508 e. The molecule has 2 aliphatic rings. The molecular weight excluding hydrogens is 576 g/mol. The van der Waals surface area contributed by atoms with Crippen LogP contribution in [0.15, 0.2) is 24.3 Å². The van der Waals surface area contributed by atoms with Crippen molar-refractivity contribution in [3.63, 3.8) is 0 Å². The van der Waals surface area contributed by atoms with Gasteiger partial charge in [-0.05, 0) is 85.5 Å². The number of pyridine rings is 1. The van der Waals surface area contributed by atoms with Crippen LogP contribution in [-0.2, 0) is 6.42 Å². The number of halogens is 2. The minimum atomic E-state index is -0.711. The molecule has 0 radical (unpaired) electrons. The number of benzene rings is 2. The van der Waals surface area contributed by atoms with Gasteiger partial charge in [0.25, 0.3) is 0 Å². The lowest BCUT2D eigenvalue weighted by Crippen LogP contribution is -2.44. The number of nitrogens with zero attached hydrogens (tertiary/aromatic N) is 4. The zero-order chi connectivity index (χ0) is 32.3. The first kappa shape index (κ1) is 32.6. The summed E-state index contributed by atoms with van der Waals surface area (Å²) in [5.74, 6) is -0.0953. The number of piperidine rings is 1. The first-order valence-corrected chi connectivity index (χ1v) is 16.3. The number of nitrogens with one attached hydrogen (secondary N) is 1. The number of aryl methyl sites for hydroxylation is 1. The van der Waals surface area contributed by atoms with E-state index in [9.17, 15) is 9.50 Å². The molecule has 2 fully saturated rings. The Balaban J connectivity index is 0.00000196. The number of anilines is 1. The predicted octanol–water partition coefficient (Wildman–Crippen LogP) is 7.57. The fraction of sp³-hybridized carbons (Fsp3) is 0.514. The third-order valence-electron chi connectivity index (χ3n) is 9.11. The van der Waals surface area contributed by atoms with Crippen LogP contribution in [0.3, 0.4) is 0 Å². The molecule has 2 saturated heterocycles. The maximum atomic E-state index is 16.9. The van der Waals surface area contributed by atoms with E-state index in [-0.39, 0.29) is 40.0 Å². The lowest BCUT2D eigenvalue weighted by Gasteiger charge is -2.33. The summed E-state index contributed by atoms with van der Waals surface area (Å²) in [5.41, 5.74) is 0.417. The van der Waals surface area contributed by atoms with Crippen molar-refractivity contribution < 1.29 is 23.4 Å². The third kappa shape index (κ3) is 6.21. The second kappa shape index (κ2) is 13.7. The fourth-order valence-electron chi connectivity index (χ4n) is 6.74. The van der Waals surface area contributed by atoms with Gasteiger partial charge in [-0.3, -0.25) is 0 Å². The Bertz CT molecular complexity index is 1680. The van der Waals surface area contributed by atoms with Crippen LogP contribution in [0, 0.1) is 17.6 Å². The second-order valence-corrected chi connectivity index (χ2v) is 12.0. The lowest BCUT2D eigenvalue weighted by atomic mass is 9.94. The molecule has 10 heteroatoms. The van der Waals surface area contributed by atoms with Crippen molar-refractivity contribution in [2.24, 2.45) is 5.92 Å². The zero-order valence-corrected chi connectivity index (χ0v) is 27.3. The third-order valence-corrected chi connectivity index (χ3v) is 9.11. The van der Waals surface area contributed by atoms with Crippen LogP contribution >= 0.6 is 0 Å². The van der Waals surface area contributed by atoms with Crippen molar-refractivity contribution in [3.05, 3.63) is 41.5 Å². The van der Waals surface area contributed by atoms with Gasteiger partial charge in [0, 0.05) is 18.7 Å². The van der Waals surface area contributed by atoms with Crippen LogP contribution in [0.5, 0.6) is 17.6 Å². The SMILES string of the molecule is CC.CCc1c(F)ccc2cc(O)cc(-c3nc(OC)c4c(N5CCCC(C)C5)nc(OC[C@@]5(CC)CCCN5)nc4c3F)c12. The minimum Gasteiger partial charge on any atom is -0.508 e. The van der Waals surface area contributed by atoms with E-state index in [0.717, 1.165) is 51.7 Å². The van der Waals surface area contributed by atoms with Gasteiger partial charge in [0.05, 0.1) is 12.6 Å². The number of rotatable bonds is 8. The van der Waals surface area contributed by atoms with Crippen molar-refractivity contribution in [2.75, 3.05) is 38.3 Å². The number of methoxy groups -OCH3 is 1. The maximum Gasteiger partial charge on any atom is 0.319 e. The molecule has 0 spiro atoms. The Hall–Kier alpha value is -3.79. The summed E-state index contributed by atoms with van der Waals surface area (Å²) in [6.07, 6.45) is 5.37. The molecule has 2 N–H and O–H groups in total. The molecule has 0 bridgehead atoms. The Morgan fingerprint density at radius 2 is 1.89 bits per heavy atom. The highest BCUT2D eigenvalue weighted by Crippen LogP contribution is 2.42. The Morgan fingerprint density at radius 1 is 1.09 bits per heavy atom. The number of hydrogen-bond donors (Lipinski definition) is 2. The van der Waals surface area contributed by atoms with Crippen LogP contribution in [0.25, 0.3) is 32.9 Å². The normalized spacial score (nSPS) is 19.9. The van der Waals surface area contributed by atoms with Crippen LogP contribution in [-0.4, -0.2) is 58.9 Å². The van der Waals surface area contributed by atoms with Crippen molar-refractivity contribution in [3.8, 4) is 28.9 Å². The molecule has 4 heterocycles. The molecule has 2 aliphatic heterocycles. The van der Waals surface area contributed by atoms with Gasteiger partial charge in [-0.15, -0.1) is 0 Å². The summed E-state index contributed by atoms with van der Waals surface area (Å²) in [7, 11) is 1.48. The van der Waals surface area contributed by atoms with E-state index < -0.39 is 11.6 Å². The minimum absolute atomic E-state index is 0.0101. The Kier molecular flexibility index (Phi) is 9.91. The zero-order valence-electron chi connectivity index (χ0n) is 27.3. The van der Waals surface area contributed by atoms with Gasteiger partial charge >= 0.3 is 6.01 Å². The van der Waals surface area contributed by atoms with Crippen LogP contribution in [0.4, 0.5) is 14.6 Å². The van der Waals surface area contributed by atoms with Gasteiger partial charge in [-0.2, -0.15) is 9.97 Å². The first-order valence-electron chi connectivity index (χ1n) is 16.3. The molecule has 45 heavy (non-hydrogen) atoms. The standard InChI is InChI=1S/C33H39F2N5O3.C2H6/c1-5-22-24(34)11-10-20-15-21(41)16-23(25(20)22)28-27(35)29-26(31(37-28)42-4)30(40-14-7-9-19(3)17-40)39-32(38-29)43-18-33(6-2)12-8-13-36-33;1-2/h10-11,15-16,19,36,41H,5-9,12-14,17-18H2,1-4H3;1-2H3/t19?,33-;/m1./s1. The summed E-state index contributed by atoms with van der Waals surface area (Å²) in [6, 6.07) is 5.98. The van der Waals surface area contributed by atoms with Crippen LogP contribution in [0.1, 0.15) is 72.3 Å². The van der Waals surface area contributed by atoms with E-state index in [4.69, 9.17) is 14.5 Å². The number of fused-ring (bicyclic) bond motifs is 2. The van der Waals surface area contributed by atoms with Gasteiger partial charge in [0.1, 0.15) is 40.6 Å². The van der Waals surface area contributed by atoms with Gasteiger partial charge in [0.2, 0.25) is 5.88 Å². The van der Waals surface area contributed by atoms with Crippen molar-refractivity contribution in [1.29, 1.82) is 0 Å². The number of aromatic nitrogens is 3. The molecule has 4 aromatic rings. The average Bonchev–Trinajstić information content (AvgIpc) is 3.54. The highest BCUT2D eigenvalue weighted by atomic mass is 19.1. The summed E-state index contributed by atoms with van der Waals surface area (Å²) in [4.78, 5) is 16.2. The van der Waals surface area contributed by atoms with E-state index in [0.29, 0.717) is 46.5 Å². The molecule has 0 saturated carbocycles. The highest BCUT2D eigenvalue weighted by molar-refractivity contribution is 6.03.